The maximum atomic E-state index is 12.1. The summed E-state index contributed by atoms with van der Waals surface area (Å²) in [5, 5.41) is 6.70. The van der Waals surface area contributed by atoms with Gasteiger partial charge in [0.1, 0.15) is 0 Å². The Bertz CT molecular complexity index is 619. The average molecular weight is 529 g/mol. The van der Waals surface area contributed by atoms with Crippen LogP contribution in [0.1, 0.15) is 58.3 Å². The Morgan fingerprint density at radius 1 is 1.21 bits per heavy atom. The van der Waals surface area contributed by atoms with E-state index < -0.39 is 10.0 Å². The van der Waals surface area contributed by atoms with E-state index in [0.29, 0.717) is 37.1 Å². The van der Waals surface area contributed by atoms with Crippen LogP contribution in [0, 0.1) is 11.3 Å². The fraction of sp³-hybridized carbons (Fsp3) is 0.947. The van der Waals surface area contributed by atoms with Gasteiger partial charge in [-0.1, -0.05) is 19.3 Å². The minimum Gasteiger partial charge on any atom is -0.378 e. The maximum Gasteiger partial charge on any atom is 0.213 e. The molecule has 164 valence electrons. The molecule has 7 nitrogen and oxygen atoms in total. The zero-order chi connectivity index (χ0) is 19.3. The van der Waals surface area contributed by atoms with E-state index in [1.165, 1.54) is 32.1 Å². The molecule has 3 saturated carbocycles. The lowest BCUT2D eigenvalue weighted by atomic mass is 9.60. The van der Waals surface area contributed by atoms with Crippen molar-refractivity contribution in [3.05, 3.63) is 0 Å². The van der Waals surface area contributed by atoms with E-state index in [1.54, 1.807) is 7.05 Å². The van der Waals surface area contributed by atoms with Gasteiger partial charge in [-0.25, -0.2) is 13.1 Å². The van der Waals surface area contributed by atoms with Gasteiger partial charge in [-0.3, -0.25) is 4.99 Å². The molecule has 0 radical (unpaired) electrons. The van der Waals surface area contributed by atoms with Gasteiger partial charge in [-0.05, 0) is 44.9 Å². The zero-order valence-electron chi connectivity index (χ0n) is 17.2. The second-order valence-corrected chi connectivity index (χ2v) is 10.2. The number of rotatable bonds is 9. The summed E-state index contributed by atoms with van der Waals surface area (Å²) in [7, 11) is -1.50. The number of hydrogen-bond acceptors (Lipinski definition) is 4. The second kappa shape index (κ2) is 10.8. The summed E-state index contributed by atoms with van der Waals surface area (Å²) in [5.74, 6) is 1.29. The maximum absolute atomic E-state index is 12.1. The molecule has 0 amide bonds. The molecule has 3 N–H and O–H groups in total. The summed E-state index contributed by atoms with van der Waals surface area (Å²) in [5.41, 5.74) is 0.226. The summed E-state index contributed by atoms with van der Waals surface area (Å²) in [4.78, 5) is 4.29. The van der Waals surface area contributed by atoms with E-state index in [1.807, 2.05) is 0 Å². The molecule has 0 aromatic rings. The third-order valence-corrected chi connectivity index (χ3v) is 8.05. The summed E-state index contributed by atoms with van der Waals surface area (Å²) in [6.07, 6.45) is 9.77. The first kappa shape index (κ1) is 24.1. The predicted octanol–water partition coefficient (Wildman–Crippen LogP) is 2.23. The molecule has 1 spiro atoms. The van der Waals surface area contributed by atoms with E-state index in [0.717, 1.165) is 25.9 Å². The zero-order valence-corrected chi connectivity index (χ0v) is 20.4. The molecule has 0 aromatic heterocycles. The topological polar surface area (TPSA) is 91.8 Å². The van der Waals surface area contributed by atoms with Crippen molar-refractivity contribution in [2.45, 2.75) is 70.4 Å². The minimum atomic E-state index is -3.23. The number of ether oxygens (including phenoxy) is 1. The van der Waals surface area contributed by atoms with Gasteiger partial charge in [0.25, 0.3) is 0 Å². The Hall–Kier alpha value is -0.130. The highest BCUT2D eigenvalue weighted by Crippen LogP contribution is 2.54. The number of sulfonamides is 1. The molecule has 0 bridgehead atoms. The lowest BCUT2D eigenvalue weighted by molar-refractivity contribution is -0.125. The Morgan fingerprint density at radius 2 is 1.93 bits per heavy atom. The van der Waals surface area contributed by atoms with E-state index >= 15 is 0 Å². The van der Waals surface area contributed by atoms with Crippen LogP contribution in [0.15, 0.2) is 4.99 Å². The van der Waals surface area contributed by atoms with Crippen molar-refractivity contribution in [2.75, 3.05) is 32.5 Å². The largest absolute Gasteiger partial charge is 0.378 e. The number of aliphatic imine (C=N–C) groups is 1. The molecule has 2 atom stereocenters. The molecule has 3 aliphatic carbocycles. The summed E-state index contributed by atoms with van der Waals surface area (Å²) in [6, 6.07) is 0.357. The lowest BCUT2D eigenvalue weighted by Gasteiger charge is -2.54. The standard InChI is InChI=1S/C19H36N4O3S.HI/c1-3-26-17-13-16(19(17)9-4-5-10-19)23-18(20-2)21-11-12-27(24,25)22-14-15-7-6-8-15;/h15-17,22H,3-14H2,1-2H3,(H2,20,21,23);1H. The summed E-state index contributed by atoms with van der Waals surface area (Å²) >= 11 is 0. The SMILES string of the molecule is CCOC1CC(NC(=NC)NCCS(=O)(=O)NCC2CCC2)C12CCCC2.I. The van der Waals surface area contributed by atoms with Crippen LogP contribution in [0.5, 0.6) is 0 Å². The van der Waals surface area contributed by atoms with E-state index in [-0.39, 0.29) is 35.1 Å². The highest BCUT2D eigenvalue weighted by molar-refractivity contribution is 14.0. The van der Waals surface area contributed by atoms with Crippen LogP contribution in [0.4, 0.5) is 0 Å². The molecular weight excluding hydrogens is 491 g/mol. The van der Waals surface area contributed by atoms with Crippen LogP contribution in [-0.2, 0) is 14.8 Å². The van der Waals surface area contributed by atoms with E-state index in [2.05, 4.69) is 27.3 Å². The van der Waals surface area contributed by atoms with Gasteiger partial charge in [-0.15, -0.1) is 24.0 Å². The number of guanidine groups is 1. The van der Waals surface area contributed by atoms with Crippen molar-refractivity contribution in [3.63, 3.8) is 0 Å². The molecule has 9 heteroatoms. The number of nitrogens with zero attached hydrogens (tertiary/aromatic N) is 1. The number of nitrogens with one attached hydrogen (secondary N) is 3. The average Bonchev–Trinajstić information content (AvgIpc) is 3.10. The molecule has 3 rings (SSSR count). The van der Waals surface area contributed by atoms with Crippen LogP contribution < -0.4 is 15.4 Å². The molecule has 3 aliphatic rings. The van der Waals surface area contributed by atoms with Gasteiger partial charge in [0.05, 0.1) is 11.9 Å². The third kappa shape index (κ3) is 5.72. The summed E-state index contributed by atoms with van der Waals surface area (Å²) < 4.78 is 32.9. The first-order valence-corrected chi connectivity index (χ1v) is 12.2. The fourth-order valence-corrected chi connectivity index (χ4v) is 5.77. The molecule has 3 fully saturated rings. The molecule has 28 heavy (non-hydrogen) atoms. The van der Waals surface area contributed by atoms with Crippen molar-refractivity contribution < 1.29 is 13.2 Å². The van der Waals surface area contributed by atoms with Crippen molar-refractivity contribution in [2.24, 2.45) is 16.3 Å². The van der Waals surface area contributed by atoms with Crippen molar-refractivity contribution in [1.82, 2.24) is 15.4 Å². The van der Waals surface area contributed by atoms with Crippen LogP contribution in [0.2, 0.25) is 0 Å². The van der Waals surface area contributed by atoms with Gasteiger partial charge in [-0.2, -0.15) is 0 Å². The van der Waals surface area contributed by atoms with Crippen LogP contribution in [0.3, 0.4) is 0 Å². The lowest BCUT2D eigenvalue weighted by Crippen LogP contribution is -2.65. The smallest absolute Gasteiger partial charge is 0.213 e. The third-order valence-electron chi connectivity index (χ3n) is 6.70. The Morgan fingerprint density at radius 3 is 2.50 bits per heavy atom. The van der Waals surface area contributed by atoms with E-state index in [4.69, 9.17) is 4.74 Å². The normalized spacial score (nSPS) is 27.0. The van der Waals surface area contributed by atoms with Gasteiger partial charge >= 0.3 is 0 Å². The highest BCUT2D eigenvalue weighted by Gasteiger charge is 2.56. The van der Waals surface area contributed by atoms with Crippen LogP contribution >= 0.6 is 24.0 Å². The summed E-state index contributed by atoms with van der Waals surface area (Å²) in [6.45, 7) is 3.76. The quantitative estimate of drug-likeness (QED) is 0.243. The van der Waals surface area contributed by atoms with Crippen LogP contribution in [0.25, 0.3) is 0 Å². The van der Waals surface area contributed by atoms with Crippen LogP contribution in [-0.4, -0.2) is 59.0 Å². The predicted molar refractivity (Wildman–Crippen MR) is 124 cm³/mol. The van der Waals surface area contributed by atoms with E-state index in [9.17, 15) is 8.42 Å². The number of halogens is 1. The van der Waals surface area contributed by atoms with Gasteiger partial charge in [0.15, 0.2) is 5.96 Å². The number of hydrogen-bond donors (Lipinski definition) is 3. The molecule has 0 heterocycles. The molecule has 0 aromatic carbocycles. The minimum absolute atomic E-state index is 0. The van der Waals surface area contributed by atoms with Crippen molar-refractivity contribution in [3.8, 4) is 0 Å². The van der Waals surface area contributed by atoms with Crippen molar-refractivity contribution in [1.29, 1.82) is 0 Å². The van der Waals surface area contributed by atoms with Gasteiger partial charge < -0.3 is 15.4 Å². The molecule has 0 aliphatic heterocycles. The monoisotopic (exact) mass is 528 g/mol. The Balaban J connectivity index is 0.00000280. The Kier molecular flexibility index (Phi) is 9.28. The van der Waals surface area contributed by atoms with Crippen molar-refractivity contribution >= 4 is 40.0 Å². The molecule has 2 unspecified atom stereocenters. The second-order valence-electron chi connectivity index (χ2n) is 8.28. The Labute approximate surface area is 187 Å². The molecular formula is C19H37IN4O3S. The van der Waals surface area contributed by atoms with Gasteiger partial charge in [0, 0.05) is 38.2 Å². The first-order valence-electron chi connectivity index (χ1n) is 10.5. The first-order chi connectivity index (χ1) is 13.0. The highest BCUT2D eigenvalue weighted by atomic mass is 127. The van der Waals surface area contributed by atoms with Gasteiger partial charge in [0.2, 0.25) is 10.0 Å². The molecule has 0 saturated heterocycles. The fourth-order valence-electron chi connectivity index (χ4n) is 4.77.